The van der Waals surface area contributed by atoms with Crippen LogP contribution in [0.5, 0.6) is 0 Å². The average Bonchev–Trinajstić information content (AvgIpc) is 3.41. The largest absolute Gasteiger partial charge is 0.444 e. The molecule has 1 aliphatic carbocycles. The van der Waals surface area contributed by atoms with Gasteiger partial charge in [-0.2, -0.15) is 31.6 Å². The first-order valence-corrected chi connectivity index (χ1v) is 10.3. The van der Waals surface area contributed by atoms with Crippen LogP contribution in [-0.2, 0) is 18.9 Å². The van der Waals surface area contributed by atoms with Crippen LogP contribution in [0.4, 0.5) is 26.3 Å². The fourth-order valence-electron chi connectivity index (χ4n) is 4.15. The third-order valence-electron chi connectivity index (χ3n) is 5.83. The number of halogens is 6. The Labute approximate surface area is 189 Å². The average molecular weight is 475 g/mol. The highest BCUT2D eigenvalue weighted by atomic mass is 19.4. The summed E-state index contributed by atoms with van der Waals surface area (Å²) in [6.07, 6.45) is -6.28. The molecule has 0 amide bonds. The van der Waals surface area contributed by atoms with Gasteiger partial charge in [-0.1, -0.05) is 6.07 Å². The van der Waals surface area contributed by atoms with E-state index in [2.05, 4.69) is 4.98 Å². The SMILES string of the molecule is N#Cc1ccc2c(cc(C3CC3)n2Cc2coc(-c3cccc(C(F)(F)F)c3)n2)c1C(F)(F)F. The quantitative estimate of drug-likeness (QED) is 0.295. The first-order valence-electron chi connectivity index (χ1n) is 10.3. The number of nitrogens with zero attached hydrogens (tertiary/aromatic N) is 3. The van der Waals surface area contributed by atoms with Gasteiger partial charge in [0.15, 0.2) is 0 Å². The minimum atomic E-state index is -4.71. The maximum absolute atomic E-state index is 13.8. The lowest BCUT2D eigenvalue weighted by Gasteiger charge is -2.12. The first kappa shape index (κ1) is 22.1. The van der Waals surface area contributed by atoms with E-state index in [0.717, 1.165) is 31.0 Å². The van der Waals surface area contributed by atoms with Crippen molar-refractivity contribution in [3.8, 4) is 17.5 Å². The fourth-order valence-corrected chi connectivity index (χ4v) is 4.15. The molecule has 0 aliphatic heterocycles. The second-order valence-corrected chi connectivity index (χ2v) is 8.18. The van der Waals surface area contributed by atoms with Crippen molar-refractivity contribution in [3.05, 3.63) is 76.8 Å². The molecule has 0 spiro atoms. The summed E-state index contributed by atoms with van der Waals surface area (Å²) in [5, 5.41) is 9.15. The van der Waals surface area contributed by atoms with Crippen molar-refractivity contribution in [2.75, 3.05) is 0 Å². The monoisotopic (exact) mass is 475 g/mol. The van der Waals surface area contributed by atoms with Crippen molar-refractivity contribution in [2.45, 2.75) is 37.7 Å². The molecule has 2 aromatic carbocycles. The number of oxazole rings is 1. The lowest BCUT2D eigenvalue weighted by molar-refractivity contribution is -0.138. The highest BCUT2D eigenvalue weighted by molar-refractivity contribution is 5.88. The molecule has 1 aliphatic rings. The molecule has 0 N–H and O–H groups in total. The molecule has 0 atom stereocenters. The zero-order valence-corrected chi connectivity index (χ0v) is 17.3. The Morgan fingerprint density at radius 1 is 1.03 bits per heavy atom. The number of nitriles is 1. The molecule has 4 aromatic rings. The Balaban J connectivity index is 1.56. The summed E-state index contributed by atoms with van der Waals surface area (Å²) in [5.74, 6) is 0.0714. The number of hydrogen-bond donors (Lipinski definition) is 0. The van der Waals surface area contributed by atoms with Crippen molar-refractivity contribution >= 4 is 10.9 Å². The molecule has 0 bridgehead atoms. The van der Waals surface area contributed by atoms with E-state index in [9.17, 15) is 31.6 Å². The summed E-state index contributed by atoms with van der Waals surface area (Å²) in [6, 6.07) is 10.3. The van der Waals surface area contributed by atoms with E-state index >= 15 is 0 Å². The highest BCUT2D eigenvalue weighted by Crippen LogP contribution is 2.45. The predicted octanol–water partition coefficient (Wildman–Crippen LogP) is 7.13. The summed E-state index contributed by atoms with van der Waals surface area (Å²) in [4.78, 5) is 4.28. The van der Waals surface area contributed by atoms with Crippen LogP contribution < -0.4 is 0 Å². The fraction of sp³-hybridized carbons (Fsp3) is 0.250. The highest BCUT2D eigenvalue weighted by Gasteiger charge is 2.38. The minimum Gasteiger partial charge on any atom is -0.444 e. The molecule has 174 valence electrons. The van der Waals surface area contributed by atoms with Gasteiger partial charge in [0, 0.05) is 22.2 Å². The van der Waals surface area contributed by atoms with E-state index in [1.54, 1.807) is 10.6 Å². The lowest BCUT2D eigenvalue weighted by Crippen LogP contribution is -2.09. The normalized spacial score (nSPS) is 14.5. The van der Waals surface area contributed by atoms with Crippen LogP contribution in [0.2, 0.25) is 0 Å². The molecule has 2 heterocycles. The predicted molar refractivity (Wildman–Crippen MR) is 110 cm³/mol. The standard InChI is InChI=1S/C24H15F6N3O/c25-23(26,27)16-3-1-2-14(8-16)22-32-17(12-34-22)11-33-19-7-6-15(10-31)21(24(28,29)30)18(19)9-20(33)13-4-5-13/h1-3,6-9,12-13H,4-5,11H2. The van der Waals surface area contributed by atoms with Crippen LogP contribution in [-0.4, -0.2) is 9.55 Å². The molecule has 4 nitrogen and oxygen atoms in total. The van der Waals surface area contributed by atoms with Gasteiger partial charge in [0.05, 0.1) is 35.0 Å². The minimum absolute atomic E-state index is 0.0201. The van der Waals surface area contributed by atoms with Gasteiger partial charge in [-0.25, -0.2) is 4.98 Å². The molecule has 5 rings (SSSR count). The van der Waals surface area contributed by atoms with Crippen LogP contribution in [0.15, 0.2) is 53.1 Å². The first-order chi connectivity index (χ1) is 16.1. The van der Waals surface area contributed by atoms with Crippen LogP contribution in [0.3, 0.4) is 0 Å². The van der Waals surface area contributed by atoms with Gasteiger partial charge in [0.25, 0.3) is 0 Å². The van der Waals surface area contributed by atoms with Crippen molar-refractivity contribution in [1.82, 2.24) is 9.55 Å². The van der Waals surface area contributed by atoms with E-state index < -0.39 is 29.0 Å². The zero-order chi connectivity index (χ0) is 24.3. The molecular weight excluding hydrogens is 460 g/mol. The van der Waals surface area contributed by atoms with E-state index in [-0.39, 0.29) is 29.3 Å². The van der Waals surface area contributed by atoms with Crippen LogP contribution in [0, 0.1) is 11.3 Å². The number of aromatic nitrogens is 2. The van der Waals surface area contributed by atoms with Gasteiger partial charge in [-0.3, -0.25) is 0 Å². The van der Waals surface area contributed by atoms with Gasteiger partial charge in [-0.05, 0) is 55.2 Å². The van der Waals surface area contributed by atoms with Crippen LogP contribution in [0.1, 0.15) is 46.8 Å². The second kappa shape index (κ2) is 7.65. The zero-order valence-electron chi connectivity index (χ0n) is 17.3. The molecule has 10 heteroatoms. The maximum Gasteiger partial charge on any atom is 0.418 e. The van der Waals surface area contributed by atoms with Crippen molar-refractivity contribution in [1.29, 1.82) is 5.26 Å². The molecule has 1 saturated carbocycles. The summed E-state index contributed by atoms with van der Waals surface area (Å²) in [6.45, 7) is 0.0704. The molecular formula is C24H15F6N3O. The Bertz CT molecular complexity index is 1430. The second-order valence-electron chi connectivity index (χ2n) is 8.18. The van der Waals surface area contributed by atoms with Gasteiger partial charge < -0.3 is 8.98 Å². The van der Waals surface area contributed by atoms with Crippen molar-refractivity contribution < 1.29 is 30.8 Å². The number of fused-ring (bicyclic) bond motifs is 1. The topological polar surface area (TPSA) is 54.8 Å². The summed E-state index contributed by atoms with van der Waals surface area (Å²) in [5.41, 5.74) is -0.782. The van der Waals surface area contributed by atoms with E-state index in [0.29, 0.717) is 16.9 Å². The van der Waals surface area contributed by atoms with Crippen molar-refractivity contribution in [3.63, 3.8) is 0 Å². The molecule has 0 radical (unpaired) electrons. The van der Waals surface area contributed by atoms with Crippen LogP contribution in [0.25, 0.3) is 22.4 Å². The van der Waals surface area contributed by atoms with Gasteiger partial charge in [-0.15, -0.1) is 0 Å². The summed E-state index contributed by atoms with van der Waals surface area (Å²) in [7, 11) is 0. The van der Waals surface area contributed by atoms with E-state index in [1.807, 2.05) is 0 Å². The van der Waals surface area contributed by atoms with Crippen LogP contribution >= 0.6 is 0 Å². The summed E-state index contributed by atoms with van der Waals surface area (Å²) < 4.78 is 87.6. The number of rotatable bonds is 4. The Morgan fingerprint density at radius 3 is 2.44 bits per heavy atom. The number of alkyl halides is 6. The lowest BCUT2D eigenvalue weighted by atomic mass is 10.0. The number of benzene rings is 2. The van der Waals surface area contributed by atoms with E-state index in [1.165, 1.54) is 30.5 Å². The smallest absolute Gasteiger partial charge is 0.418 e. The summed E-state index contributed by atoms with van der Waals surface area (Å²) >= 11 is 0. The Hall–Kier alpha value is -3.74. The third kappa shape index (κ3) is 3.91. The molecule has 0 saturated heterocycles. The number of hydrogen-bond acceptors (Lipinski definition) is 3. The van der Waals surface area contributed by atoms with Gasteiger partial charge >= 0.3 is 12.4 Å². The molecule has 1 fully saturated rings. The Kier molecular flexibility index (Phi) is 4.97. The van der Waals surface area contributed by atoms with Crippen molar-refractivity contribution in [2.24, 2.45) is 0 Å². The molecule has 0 unspecified atom stereocenters. The van der Waals surface area contributed by atoms with Gasteiger partial charge in [0.1, 0.15) is 6.26 Å². The maximum atomic E-state index is 13.8. The Morgan fingerprint density at radius 2 is 1.79 bits per heavy atom. The van der Waals surface area contributed by atoms with Gasteiger partial charge in [0.2, 0.25) is 5.89 Å². The van der Waals surface area contributed by atoms with E-state index in [4.69, 9.17) is 4.42 Å². The third-order valence-corrected chi connectivity index (χ3v) is 5.83. The molecule has 34 heavy (non-hydrogen) atoms. The molecule has 2 aromatic heterocycles.